The minimum absolute atomic E-state index is 0.0459. The molecule has 2 N–H and O–H groups in total. The molecule has 0 saturated carbocycles. The van der Waals surface area contributed by atoms with Crippen molar-refractivity contribution in [3.63, 3.8) is 0 Å². The Kier molecular flexibility index (Phi) is 6.70. The Bertz CT molecular complexity index is 822. The lowest BCUT2D eigenvalue weighted by Gasteiger charge is -2.15. The van der Waals surface area contributed by atoms with E-state index >= 15 is 0 Å². The molecule has 27 heavy (non-hydrogen) atoms. The van der Waals surface area contributed by atoms with Gasteiger partial charge in [0.05, 0.1) is 11.5 Å². The smallest absolute Gasteiger partial charge is 0.279 e. The number of non-ortho nitro benzene ring substituents is 1. The third-order valence-corrected chi connectivity index (χ3v) is 3.44. The van der Waals surface area contributed by atoms with Crippen molar-refractivity contribution in [2.75, 3.05) is 6.61 Å². The lowest BCUT2D eigenvalue weighted by molar-refractivity contribution is -0.384. The van der Waals surface area contributed by atoms with E-state index in [-0.39, 0.29) is 11.3 Å². The van der Waals surface area contributed by atoms with Gasteiger partial charge in [0.1, 0.15) is 11.5 Å². The fraction of sp³-hybridized carbons (Fsp3) is 0.222. The number of carbonyl (C=O) groups excluding carboxylic acids is 2. The molecule has 2 aromatic carbocycles. The van der Waals surface area contributed by atoms with Gasteiger partial charge in [-0.3, -0.25) is 30.6 Å². The molecule has 0 aromatic heterocycles. The van der Waals surface area contributed by atoms with Gasteiger partial charge in [0.15, 0.2) is 6.10 Å². The summed E-state index contributed by atoms with van der Waals surface area (Å²) in [5, 5.41) is 10.7. The number of nitrogens with zero attached hydrogens (tertiary/aromatic N) is 1. The van der Waals surface area contributed by atoms with Crippen LogP contribution in [0.15, 0.2) is 48.5 Å². The normalized spacial score (nSPS) is 11.2. The summed E-state index contributed by atoms with van der Waals surface area (Å²) in [4.78, 5) is 34.2. The van der Waals surface area contributed by atoms with Crippen LogP contribution in [-0.4, -0.2) is 29.4 Å². The maximum absolute atomic E-state index is 12.0. The molecule has 2 amide bonds. The van der Waals surface area contributed by atoms with E-state index in [2.05, 4.69) is 10.9 Å². The van der Waals surface area contributed by atoms with E-state index in [1.165, 1.54) is 25.1 Å². The van der Waals surface area contributed by atoms with Crippen LogP contribution < -0.4 is 20.3 Å². The highest BCUT2D eigenvalue weighted by Crippen LogP contribution is 2.18. The van der Waals surface area contributed by atoms with E-state index in [1.807, 2.05) is 6.92 Å². The number of nitrogens with one attached hydrogen (secondary N) is 2. The quantitative estimate of drug-likeness (QED) is 0.567. The number of amides is 2. The van der Waals surface area contributed by atoms with Crippen LogP contribution in [0.1, 0.15) is 24.2 Å². The van der Waals surface area contributed by atoms with Gasteiger partial charge in [-0.15, -0.1) is 0 Å². The minimum atomic E-state index is -0.881. The second kappa shape index (κ2) is 9.18. The molecular formula is C18H19N3O6. The molecule has 0 bridgehead atoms. The molecule has 0 heterocycles. The van der Waals surface area contributed by atoms with E-state index in [0.717, 1.165) is 6.07 Å². The van der Waals surface area contributed by atoms with Gasteiger partial charge in [-0.05, 0) is 44.2 Å². The van der Waals surface area contributed by atoms with Gasteiger partial charge in [0.25, 0.3) is 17.5 Å². The molecule has 0 aliphatic carbocycles. The van der Waals surface area contributed by atoms with Crippen molar-refractivity contribution in [2.45, 2.75) is 20.0 Å². The van der Waals surface area contributed by atoms with Crippen molar-refractivity contribution >= 4 is 17.5 Å². The number of carbonyl (C=O) groups is 2. The highest BCUT2D eigenvalue weighted by Gasteiger charge is 2.17. The van der Waals surface area contributed by atoms with E-state index in [0.29, 0.717) is 18.1 Å². The Morgan fingerprint density at radius 2 is 1.78 bits per heavy atom. The second-order valence-electron chi connectivity index (χ2n) is 5.42. The average molecular weight is 373 g/mol. The number of hydrogen-bond acceptors (Lipinski definition) is 6. The van der Waals surface area contributed by atoms with E-state index in [1.54, 1.807) is 24.3 Å². The van der Waals surface area contributed by atoms with Crippen molar-refractivity contribution in [1.29, 1.82) is 0 Å². The van der Waals surface area contributed by atoms with Crippen LogP contribution in [0.4, 0.5) is 5.69 Å². The van der Waals surface area contributed by atoms with Crippen molar-refractivity contribution in [1.82, 2.24) is 10.9 Å². The summed E-state index contributed by atoms with van der Waals surface area (Å²) >= 11 is 0. The van der Waals surface area contributed by atoms with Gasteiger partial charge < -0.3 is 9.47 Å². The topological polar surface area (TPSA) is 120 Å². The van der Waals surface area contributed by atoms with Crippen LogP contribution in [0.2, 0.25) is 0 Å². The molecule has 0 spiro atoms. The number of hydrogen-bond donors (Lipinski definition) is 2. The summed E-state index contributed by atoms with van der Waals surface area (Å²) in [5.41, 5.74) is 4.24. The molecule has 9 heteroatoms. The van der Waals surface area contributed by atoms with E-state index in [4.69, 9.17) is 9.47 Å². The van der Waals surface area contributed by atoms with Crippen LogP contribution in [0.25, 0.3) is 0 Å². The third kappa shape index (κ3) is 5.70. The summed E-state index contributed by atoms with van der Waals surface area (Å²) < 4.78 is 10.8. The molecule has 0 aliphatic rings. The first-order valence-electron chi connectivity index (χ1n) is 8.15. The van der Waals surface area contributed by atoms with Crippen LogP contribution >= 0.6 is 0 Å². The first-order chi connectivity index (χ1) is 12.9. The Morgan fingerprint density at radius 1 is 1.11 bits per heavy atom. The second-order valence-corrected chi connectivity index (χ2v) is 5.42. The molecular weight excluding hydrogens is 354 g/mol. The lowest BCUT2D eigenvalue weighted by Crippen LogP contribution is -2.47. The third-order valence-electron chi connectivity index (χ3n) is 3.44. The molecule has 0 saturated heterocycles. The summed E-state index contributed by atoms with van der Waals surface area (Å²) in [6, 6.07) is 11.9. The van der Waals surface area contributed by atoms with Gasteiger partial charge in [-0.1, -0.05) is 6.07 Å². The number of rotatable bonds is 7. The summed E-state index contributed by atoms with van der Waals surface area (Å²) in [6.45, 7) is 3.94. The first-order valence-corrected chi connectivity index (χ1v) is 8.15. The SMILES string of the molecule is CCOc1ccc(O[C@H](C)C(=O)NNC(=O)c2cccc([N+](=O)[O-])c2)cc1. The van der Waals surface area contributed by atoms with Gasteiger partial charge in [0.2, 0.25) is 0 Å². The minimum Gasteiger partial charge on any atom is -0.494 e. The molecule has 142 valence electrons. The fourth-order valence-electron chi connectivity index (χ4n) is 2.09. The van der Waals surface area contributed by atoms with Crippen molar-refractivity contribution in [3.8, 4) is 11.5 Å². The van der Waals surface area contributed by atoms with E-state index in [9.17, 15) is 19.7 Å². The molecule has 0 aliphatic heterocycles. The zero-order chi connectivity index (χ0) is 19.8. The highest BCUT2D eigenvalue weighted by molar-refractivity contribution is 5.96. The van der Waals surface area contributed by atoms with E-state index < -0.39 is 22.8 Å². The number of nitro groups is 1. The lowest BCUT2D eigenvalue weighted by atomic mass is 10.2. The zero-order valence-electron chi connectivity index (χ0n) is 14.8. The summed E-state index contributed by atoms with van der Waals surface area (Å²) in [6.07, 6.45) is -0.881. The summed E-state index contributed by atoms with van der Waals surface area (Å²) in [7, 11) is 0. The molecule has 0 unspecified atom stereocenters. The zero-order valence-corrected chi connectivity index (χ0v) is 14.8. The number of hydrazine groups is 1. The Hall–Kier alpha value is -3.62. The van der Waals surface area contributed by atoms with Crippen LogP contribution in [0.5, 0.6) is 11.5 Å². The molecule has 0 fully saturated rings. The fourth-order valence-corrected chi connectivity index (χ4v) is 2.09. The Balaban J connectivity index is 1.87. The Morgan fingerprint density at radius 3 is 2.41 bits per heavy atom. The van der Waals surface area contributed by atoms with Crippen LogP contribution in [0, 0.1) is 10.1 Å². The predicted molar refractivity (Wildman–Crippen MR) is 96.4 cm³/mol. The predicted octanol–water partition coefficient (Wildman–Crippen LogP) is 2.22. The standard InChI is InChI=1S/C18H19N3O6/c1-3-26-15-7-9-16(10-8-15)27-12(2)17(22)19-20-18(23)13-5-4-6-14(11-13)21(24)25/h4-12H,3H2,1-2H3,(H,19,22)(H,20,23)/t12-/m1/s1. The van der Waals surface area contributed by atoms with Gasteiger partial charge in [-0.25, -0.2) is 0 Å². The number of benzene rings is 2. The van der Waals surface area contributed by atoms with Crippen LogP contribution in [0.3, 0.4) is 0 Å². The van der Waals surface area contributed by atoms with Gasteiger partial charge >= 0.3 is 0 Å². The monoisotopic (exact) mass is 373 g/mol. The molecule has 0 radical (unpaired) electrons. The molecule has 2 aromatic rings. The van der Waals surface area contributed by atoms with Crippen molar-refractivity contribution in [3.05, 3.63) is 64.2 Å². The van der Waals surface area contributed by atoms with Crippen molar-refractivity contribution in [2.24, 2.45) is 0 Å². The molecule has 2 rings (SSSR count). The molecule has 9 nitrogen and oxygen atoms in total. The first kappa shape index (κ1) is 19.7. The largest absolute Gasteiger partial charge is 0.494 e. The van der Waals surface area contributed by atoms with Crippen LogP contribution in [-0.2, 0) is 4.79 Å². The number of ether oxygens (including phenoxy) is 2. The maximum atomic E-state index is 12.0. The van der Waals surface area contributed by atoms with Gasteiger partial charge in [0, 0.05) is 17.7 Å². The molecule has 1 atom stereocenters. The Labute approximate surface area is 155 Å². The number of nitro benzene ring substituents is 1. The van der Waals surface area contributed by atoms with Gasteiger partial charge in [-0.2, -0.15) is 0 Å². The summed E-state index contributed by atoms with van der Waals surface area (Å²) in [5.74, 6) is -0.111. The average Bonchev–Trinajstić information content (AvgIpc) is 2.67. The maximum Gasteiger partial charge on any atom is 0.279 e. The van der Waals surface area contributed by atoms with Crippen molar-refractivity contribution < 1.29 is 24.0 Å². The highest BCUT2D eigenvalue weighted by atomic mass is 16.6.